The number of nitrogens with one attached hydrogen (secondary N) is 2. The number of thiophene rings is 1. The van der Waals surface area contributed by atoms with Gasteiger partial charge in [0.25, 0.3) is 5.91 Å². The first-order chi connectivity index (χ1) is 10.5. The topological polar surface area (TPSA) is 33.5 Å². The zero-order valence-corrected chi connectivity index (χ0v) is 14.7. The fraction of sp³-hybridized carbons (Fsp3) is 0.312. The lowest BCUT2D eigenvalue weighted by atomic mass is 10.1. The molecule has 1 unspecified atom stereocenters. The molecule has 0 saturated heterocycles. The highest BCUT2D eigenvalue weighted by Crippen LogP contribution is 2.20. The van der Waals surface area contributed by atoms with Gasteiger partial charge < -0.3 is 10.2 Å². The zero-order chi connectivity index (χ0) is 15.9. The monoisotopic (exact) mass is 357 g/mol. The molecule has 0 aliphatic rings. The molecule has 0 bridgehead atoms. The van der Waals surface area contributed by atoms with Gasteiger partial charge in [0, 0.05) is 16.6 Å². The molecule has 0 aliphatic heterocycles. The van der Waals surface area contributed by atoms with Crippen molar-refractivity contribution >= 4 is 40.4 Å². The number of benzene rings is 1. The molecule has 0 aliphatic carbocycles. The van der Waals surface area contributed by atoms with E-state index in [1.54, 1.807) is 17.4 Å². The van der Waals surface area contributed by atoms with E-state index in [1.165, 1.54) is 9.78 Å². The second-order valence-electron chi connectivity index (χ2n) is 5.23. The number of hydrogen-bond donors (Lipinski definition) is 2. The van der Waals surface area contributed by atoms with Crippen LogP contribution in [-0.2, 0) is 17.8 Å². The summed E-state index contributed by atoms with van der Waals surface area (Å²) in [4.78, 5) is 14.4. The fourth-order valence-electron chi connectivity index (χ4n) is 2.17. The third-order valence-electron chi connectivity index (χ3n) is 3.25. The number of likely N-dealkylation sites (N-methyl/N-ethyl adjacent to an activating group) is 1. The summed E-state index contributed by atoms with van der Waals surface area (Å²) >= 11 is 13.7. The average Bonchev–Trinajstić information content (AvgIpc) is 2.93. The van der Waals surface area contributed by atoms with Gasteiger partial charge in [-0.2, -0.15) is 0 Å². The van der Waals surface area contributed by atoms with Crippen LogP contribution >= 0.6 is 34.5 Å². The first-order valence-electron chi connectivity index (χ1n) is 7.09. The number of halogens is 2. The Balaban J connectivity index is 1.71. The first kappa shape index (κ1) is 17.3. The summed E-state index contributed by atoms with van der Waals surface area (Å²) < 4.78 is 0. The van der Waals surface area contributed by atoms with Crippen LogP contribution in [0, 0.1) is 0 Å². The Labute approximate surface area is 144 Å². The maximum Gasteiger partial charge on any atom is 0.275 e. The van der Waals surface area contributed by atoms with Crippen molar-refractivity contribution in [2.24, 2.45) is 0 Å². The highest BCUT2D eigenvalue weighted by molar-refractivity contribution is 7.09. The first-order valence-corrected chi connectivity index (χ1v) is 8.72. The quantitative estimate of drug-likeness (QED) is 0.783. The van der Waals surface area contributed by atoms with Gasteiger partial charge in [-0.25, -0.2) is 0 Å². The van der Waals surface area contributed by atoms with Crippen molar-refractivity contribution in [3.8, 4) is 0 Å². The van der Waals surface area contributed by atoms with E-state index in [1.807, 2.05) is 25.2 Å². The minimum absolute atomic E-state index is 0.0548. The van der Waals surface area contributed by atoms with Crippen molar-refractivity contribution in [3.05, 3.63) is 56.2 Å². The SMILES string of the molecule is C[NH+](CC(=O)NCCc1ccc(Cl)cc1Cl)Cc1cccs1. The van der Waals surface area contributed by atoms with E-state index in [4.69, 9.17) is 23.2 Å². The largest absolute Gasteiger partial charge is 0.351 e. The number of carbonyl (C=O) groups excluding carboxylic acids is 1. The molecule has 3 nitrogen and oxygen atoms in total. The number of rotatable bonds is 7. The van der Waals surface area contributed by atoms with Crippen LogP contribution in [0.1, 0.15) is 10.4 Å². The molecular weight excluding hydrogens is 339 g/mol. The third kappa shape index (κ3) is 5.61. The third-order valence-corrected chi connectivity index (χ3v) is 4.71. The predicted octanol–water partition coefficient (Wildman–Crippen LogP) is 2.43. The average molecular weight is 358 g/mol. The van der Waals surface area contributed by atoms with E-state index in [-0.39, 0.29) is 5.91 Å². The van der Waals surface area contributed by atoms with Crippen molar-refractivity contribution in [2.75, 3.05) is 20.1 Å². The van der Waals surface area contributed by atoms with E-state index in [2.05, 4.69) is 16.8 Å². The zero-order valence-electron chi connectivity index (χ0n) is 12.4. The number of amides is 1. The smallest absolute Gasteiger partial charge is 0.275 e. The molecule has 0 saturated carbocycles. The van der Waals surface area contributed by atoms with Crippen LogP contribution in [0.15, 0.2) is 35.7 Å². The van der Waals surface area contributed by atoms with Crippen LogP contribution in [0.2, 0.25) is 10.0 Å². The molecule has 1 aromatic carbocycles. The standard InChI is InChI=1S/C16H18Cl2N2OS/c1-20(10-14-3-2-8-22-14)11-16(21)19-7-6-12-4-5-13(17)9-15(12)18/h2-5,8-9H,6-7,10-11H2,1H3,(H,19,21)/p+1. The minimum Gasteiger partial charge on any atom is -0.351 e. The number of quaternary nitrogens is 1. The molecule has 6 heteroatoms. The fourth-order valence-corrected chi connectivity index (χ4v) is 3.49. The molecule has 1 aromatic heterocycles. The maximum atomic E-state index is 11.9. The van der Waals surface area contributed by atoms with Gasteiger partial charge in [-0.3, -0.25) is 4.79 Å². The Kier molecular flexibility index (Phi) is 6.70. The molecule has 0 spiro atoms. The number of hydrogen-bond acceptors (Lipinski definition) is 2. The lowest BCUT2D eigenvalue weighted by Crippen LogP contribution is -3.08. The molecule has 22 heavy (non-hydrogen) atoms. The molecule has 2 aromatic rings. The van der Waals surface area contributed by atoms with Gasteiger partial charge in [-0.15, -0.1) is 11.3 Å². The van der Waals surface area contributed by atoms with Crippen LogP contribution in [0.25, 0.3) is 0 Å². The minimum atomic E-state index is 0.0548. The second kappa shape index (κ2) is 8.53. The van der Waals surface area contributed by atoms with Crippen LogP contribution < -0.4 is 10.2 Å². The van der Waals surface area contributed by atoms with Crippen molar-refractivity contribution in [1.29, 1.82) is 0 Å². The number of carbonyl (C=O) groups is 1. The second-order valence-corrected chi connectivity index (χ2v) is 7.10. The van der Waals surface area contributed by atoms with Gasteiger partial charge in [0.15, 0.2) is 6.54 Å². The molecule has 1 heterocycles. The maximum absolute atomic E-state index is 11.9. The molecule has 118 valence electrons. The molecule has 0 radical (unpaired) electrons. The summed E-state index contributed by atoms with van der Waals surface area (Å²) in [6, 6.07) is 9.55. The van der Waals surface area contributed by atoms with Gasteiger partial charge in [-0.05, 0) is 35.6 Å². The van der Waals surface area contributed by atoms with E-state index < -0.39 is 0 Å². The van der Waals surface area contributed by atoms with E-state index >= 15 is 0 Å². The van der Waals surface area contributed by atoms with Crippen molar-refractivity contribution in [2.45, 2.75) is 13.0 Å². The molecular formula is C16H19Cl2N2OS+. The Bertz CT molecular complexity index is 617. The highest BCUT2D eigenvalue weighted by atomic mass is 35.5. The summed E-state index contributed by atoms with van der Waals surface area (Å²) in [5.74, 6) is 0.0548. The van der Waals surface area contributed by atoms with Gasteiger partial charge in [0.05, 0.1) is 11.9 Å². The van der Waals surface area contributed by atoms with Crippen LogP contribution in [-0.4, -0.2) is 26.0 Å². The Morgan fingerprint density at radius 3 is 2.82 bits per heavy atom. The molecule has 1 amide bonds. The lowest BCUT2D eigenvalue weighted by molar-refractivity contribution is -0.885. The summed E-state index contributed by atoms with van der Waals surface area (Å²) in [6.45, 7) is 1.91. The van der Waals surface area contributed by atoms with Crippen LogP contribution in [0.4, 0.5) is 0 Å². The van der Waals surface area contributed by atoms with Gasteiger partial charge in [0.1, 0.15) is 6.54 Å². The van der Waals surface area contributed by atoms with E-state index in [0.29, 0.717) is 29.6 Å². The van der Waals surface area contributed by atoms with Gasteiger partial charge in [-0.1, -0.05) is 35.3 Å². The Hall–Kier alpha value is -1.07. The van der Waals surface area contributed by atoms with Crippen LogP contribution in [0.3, 0.4) is 0 Å². The Morgan fingerprint density at radius 2 is 2.14 bits per heavy atom. The van der Waals surface area contributed by atoms with Crippen molar-refractivity contribution < 1.29 is 9.69 Å². The summed E-state index contributed by atoms with van der Waals surface area (Å²) in [5, 5.41) is 6.25. The Morgan fingerprint density at radius 1 is 1.32 bits per heavy atom. The predicted molar refractivity (Wildman–Crippen MR) is 93.0 cm³/mol. The summed E-state index contributed by atoms with van der Waals surface area (Å²) in [7, 11) is 2.02. The van der Waals surface area contributed by atoms with Crippen LogP contribution in [0.5, 0.6) is 0 Å². The van der Waals surface area contributed by atoms with E-state index in [0.717, 1.165) is 12.1 Å². The highest BCUT2D eigenvalue weighted by Gasteiger charge is 2.11. The van der Waals surface area contributed by atoms with E-state index in [9.17, 15) is 4.79 Å². The normalized spacial score (nSPS) is 12.1. The summed E-state index contributed by atoms with van der Waals surface area (Å²) in [6.07, 6.45) is 0.700. The summed E-state index contributed by atoms with van der Waals surface area (Å²) in [5.41, 5.74) is 0.991. The lowest BCUT2D eigenvalue weighted by Gasteiger charge is -2.13. The van der Waals surface area contributed by atoms with Gasteiger partial charge >= 0.3 is 0 Å². The van der Waals surface area contributed by atoms with Crippen molar-refractivity contribution in [1.82, 2.24) is 5.32 Å². The molecule has 2 N–H and O–H groups in total. The molecule has 2 rings (SSSR count). The van der Waals surface area contributed by atoms with Crippen molar-refractivity contribution in [3.63, 3.8) is 0 Å². The molecule has 1 atom stereocenters. The molecule has 0 fully saturated rings. The van der Waals surface area contributed by atoms with Gasteiger partial charge in [0.2, 0.25) is 0 Å².